The van der Waals surface area contributed by atoms with Gasteiger partial charge in [0.2, 0.25) is 0 Å². The number of anilines is 3. The average Bonchev–Trinajstić information content (AvgIpc) is 3.02. The van der Waals surface area contributed by atoms with Gasteiger partial charge in [0.25, 0.3) is 0 Å². The summed E-state index contributed by atoms with van der Waals surface area (Å²) in [6, 6.07) is 19.7. The molecule has 1 saturated heterocycles. The molecule has 1 aliphatic rings. The number of pyridine rings is 1. The smallest absolute Gasteiger partial charge is 0.167 e. The van der Waals surface area contributed by atoms with Crippen molar-refractivity contribution in [1.29, 1.82) is 5.26 Å². The first-order valence-corrected chi connectivity index (χ1v) is 14.3. The maximum absolute atomic E-state index is 13.2. The topological polar surface area (TPSA) is 107 Å². The predicted octanol–water partition coefficient (Wildman–Crippen LogP) is 5.07. The minimum atomic E-state index is -0.663. The molecule has 4 aromatic rings. The van der Waals surface area contributed by atoms with E-state index < -0.39 is 5.41 Å². The number of hydrogen-bond acceptors (Lipinski definition) is 9. The van der Waals surface area contributed by atoms with E-state index in [9.17, 15) is 10.1 Å². The van der Waals surface area contributed by atoms with Crippen LogP contribution >= 0.6 is 0 Å². The first-order chi connectivity index (χ1) is 20.3. The van der Waals surface area contributed by atoms with Crippen LogP contribution in [0.15, 0.2) is 60.9 Å². The molecule has 2 aromatic carbocycles. The Kier molecular flexibility index (Phi) is 8.76. The van der Waals surface area contributed by atoms with Gasteiger partial charge in [-0.2, -0.15) is 5.26 Å². The van der Waals surface area contributed by atoms with E-state index in [4.69, 9.17) is 9.72 Å². The number of hydrogen-bond donors (Lipinski definition) is 1. The van der Waals surface area contributed by atoms with E-state index in [0.29, 0.717) is 16.9 Å². The van der Waals surface area contributed by atoms with Gasteiger partial charge in [0.15, 0.2) is 11.6 Å². The summed E-state index contributed by atoms with van der Waals surface area (Å²) < 4.78 is 5.23. The molecule has 1 N–H and O–H groups in total. The van der Waals surface area contributed by atoms with Crippen LogP contribution in [-0.4, -0.2) is 72.1 Å². The van der Waals surface area contributed by atoms with Gasteiger partial charge in [-0.15, -0.1) is 0 Å². The Bertz CT molecular complexity index is 1620. The normalized spacial score (nSPS) is 14.1. The minimum absolute atomic E-state index is 0.00139. The highest BCUT2D eigenvalue weighted by atomic mass is 16.5. The summed E-state index contributed by atoms with van der Waals surface area (Å²) in [6.45, 7) is 11.1. The quantitative estimate of drug-likeness (QED) is 0.265. The molecule has 42 heavy (non-hydrogen) atoms. The lowest BCUT2D eigenvalue weighted by Gasteiger charge is -2.35. The molecule has 216 valence electrons. The summed E-state index contributed by atoms with van der Waals surface area (Å²) in [4.78, 5) is 31.9. The lowest BCUT2D eigenvalue weighted by Crippen LogP contribution is -2.47. The number of ether oxygens (including phenoxy) is 1. The lowest BCUT2D eigenvalue weighted by atomic mass is 9.85. The first-order valence-electron chi connectivity index (χ1n) is 14.3. The van der Waals surface area contributed by atoms with Gasteiger partial charge in [0.1, 0.15) is 17.7 Å². The summed E-state index contributed by atoms with van der Waals surface area (Å²) in [5, 5.41) is 13.0. The molecule has 0 unspecified atom stereocenters. The molecular weight excluding hydrogens is 526 g/mol. The molecule has 5 rings (SSSR count). The molecular formula is C33H37N7O2. The van der Waals surface area contributed by atoms with Gasteiger partial charge in [-0.25, -0.2) is 15.0 Å². The number of aryl methyl sites for hydroxylation is 1. The number of piperazine rings is 1. The number of nitrogens with zero attached hydrogens (tertiary/aromatic N) is 6. The highest BCUT2D eigenvalue weighted by molar-refractivity contribution is 5.98. The Morgan fingerprint density at radius 2 is 1.88 bits per heavy atom. The molecule has 0 spiro atoms. The van der Waals surface area contributed by atoms with Crippen molar-refractivity contribution < 1.29 is 9.53 Å². The lowest BCUT2D eigenvalue weighted by molar-refractivity contribution is 0.0993. The number of carbonyl (C=O) groups is 1. The molecule has 3 heterocycles. The van der Waals surface area contributed by atoms with E-state index in [1.807, 2.05) is 75.4 Å². The second-order valence-electron chi connectivity index (χ2n) is 11.3. The number of fused-ring (bicyclic) bond motifs is 1. The van der Waals surface area contributed by atoms with Gasteiger partial charge in [-0.1, -0.05) is 30.3 Å². The number of ketones is 1. The van der Waals surface area contributed by atoms with E-state index in [1.54, 1.807) is 13.4 Å². The highest BCUT2D eigenvalue weighted by Gasteiger charge is 2.22. The number of methoxy groups -OCH3 is 1. The fraction of sp³-hybridized carbons (Fsp3) is 0.364. The molecule has 2 aromatic heterocycles. The summed E-state index contributed by atoms with van der Waals surface area (Å²) in [5.74, 6) is 1.53. The van der Waals surface area contributed by atoms with Crippen LogP contribution in [-0.2, 0) is 16.6 Å². The largest absolute Gasteiger partial charge is 0.383 e. The maximum Gasteiger partial charge on any atom is 0.167 e. The molecule has 0 bridgehead atoms. The number of rotatable bonds is 10. The van der Waals surface area contributed by atoms with Crippen molar-refractivity contribution in [3.05, 3.63) is 83.2 Å². The van der Waals surface area contributed by atoms with Gasteiger partial charge in [0, 0.05) is 57.5 Å². The SMILES string of the molecule is COCCN1CCN(c2ccc3ncnc(Nc4cc(CC(=O)c5cccc(C(C)(C)C#N)c5)ccc4C)c3n2)CC1. The molecule has 0 saturated carbocycles. The van der Waals surface area contributed by atoms with Crippen molar-refractivity contribution in [3.8, 4) is 6.07 Å². The van der Waals surface area contributed by atoms with Crippen molar-refractivity contribution in [2.24, 2.45) is 0 Å². The summed E-state index contributed by atoms with van der Waals surface area (Å²) in [5.41, 5.74) is 5.01. The number of nitrogens with one attached hydrogen (secondary N) is 1. The molecule has 0 atom stereocenters. The van der Waals surface area contributed by atoms with Crippen molar-refractivity contribution in [1.82, 2.24) is 19.9 Å². The van der Waals surface area contributed by atoms with Gasteiger partial charge < -0.3 is 15.0 Å². The summed E-state index contributed by atoms with van der Waals surface area (Å²) >= 11 is 0. The van der Waals surface area contributed by atoms with Gasteiger partial charge in [-0.05, 0) is 61.7 Å². The van der Waals surface area contributed by atoms with E-state index >= 15 is 0 Å². The fourth-order valence-electron chi connectivity index (χ4n) is 5.09. The zero-order chi connectivity index (χ0) is 29.7. The Balaban J connectivity index is 1.34. The Morgan fingerprint density at radius 1 is 1.07 bits per heavy atom. The van der Waals surface area contributed by atoms with Gasteiger partial charge in [0.05, 0.1) is 23.6 Å². The Morgan fingerprint density at radius 3 is 2.64 bits per heavy atom. The van der Waals surface area contributed by atoms with Crippen LogP contribution in [0.4, 0.5) is 17.3 Å². The first kappa shape index (κ1) is 29.1. The van der Waals surface area contributed by atoms with Gasteiger partial charge in [-0.3, -0.25) is 9.69 Å². The van der Waals surface area contributed by atoms with Crippen LogP contribution in [0.5, 0.6) is 0 Å². The second kappa shape index (κ2) is 12.6. The van der Waals surface area contributed by atoms with Crippen LogP contribution in [0.25, 0.3) is 11.0 Å². The molecule has 1 fully saturated rings. The third-order valence-corrected chi connectivity index (χ3v) is 7.88. The Hall–Kier alpha value is -4.39. The standard InChI is InChI=1S/C33H37N7O2/c1-23-8-9-24(19-29(41)25-6-5-7-26(20-25)33(2,3)21-34)18-28(23)37-32-31-27(35-22-36-32)10-11-30(38-31)40-14-12-39(13-15-40)16-17-42-4/h5-11,18,20,22H,12-17,19H2,1-4H3,(H,35,36,37). The highest BCUT2D eigenvalue weighted by Crippen LogP contribution is 2.28. The maximum atomic E-state index is 13.2. The fourth-order valence-corrected chi connectivity index (χ4v) is 5.09. The summed E-state index contributed by atoms with van der Waals surface area (Å²) in [6.07, 6.45) is 1.79. The van der Waals surface area contributed by atoms with Crippen LogP contribution in [0.3, 0.4) is 0 Å². The number of aromatic nitrogens is 3. The predicted molar refractivity (Wildman–Crippen MR) is 165 cm³/mol. The Labute approximate surface area is 247 Å². The van der Waals surface area contributed by atoms with E-state index in [0.717, 1.165) is 73.0 Å². The number of nitriles is 1. The van der Waals surface area contributed by atoms with Crippen molar-refractivity contribution >= 4 is 34.1 Å². The van der Waals surface area contributed by atoms with Crippen molar-refractivity contribution in [3.63, 3.8) is 0 Å². The molecule has 9 nitrogen and oxygen atoms in total. The summed E-state index contributed by atoms with van der Waals surface area (Å²) in [7, 11) is 1.74. The van der Waals surface area contributed by atoms with Crippen molar-refractivity contribution in [2.45, 2.75) is 32.6 Å². The third kappa shape index (κ3) is 6.56. The second-order valence-corrected chi connectivity index (χ2v) is 11.3. The van der Waals surface area contributed by atoms with Crippen LogP contribution in [0.1, 0.15) is 40.9 Å². The number of Topliss-reactive ketones (excluding diaryl/α,β-unsaturated/α-hetero) is 1. The third-order valence-electron chi connectivity index (χ3n) is 7.88. The van der Waals surface area contributed by atoms with E-state index in [-0.39, 0.29) is 12.2 Å². The molecule has 1 aliphatic heterocycles. The van der Waals surface area contributed by atoms with E-state index in [1.165, 1.54) is 0 Å². The number of benzene rings is 2. The zero-order valence-corrected chi connectivity index (χ0v) is 24.7. The van der Waals surface area contributed by atoms with Crippen molar-refractivity contribution in [2.75, 3.05) is 56.7 Å². The number of carbonyl (C=O) groups excluding carboxylic acids is 1. The van der Waals surface area contributed by atoms with Crippen LogP contribution in [0.2, 0.25) is 0 Å². The van der Waals surface area contributed by atoms with Gasteiger partial charge >= 0.3 is 0 Å². The van der Waals surface area contributed by atoms with Crippen LogP contribution in [0, 0.1) is 18.3 Å². The molecule has 0 amide bonds. The minimum Gasteiger partial charge on any atom is -0.383 e. The molecule has 0 aliphatic carbocycles. The molecule has 9 heteroatoms. The van der Waals surface area contributed by atoms with Crippen LogP contribution < -0.4 is 10.2 Å². The van der Waals surface area contributed by atoms with E-state index in [2.05, 4.69) is 31.2 Å². The zero-order valence-electron chi connectivity index (χ0n) is 24.7. The average molecular weight is 564 g/mol. The molecule has 0 radical (unpaired) electrons. The monoisotopic (exact) mass is 563 g/mol.